The lowest BCUT2D eigenvalue weighted by atomic mass is 10.0. The average Bonchev–Trinajstić information content (AvgIpc) is 3.03. The van der Waals surface area contributed by atoms with Gasteiger partial charge >= 0.3 is 12.1 Å². The fraction of sp³-hybridized carbons (Fsp3) is 0.474. The molecule has 1 heterocycles. The van der Waals surface area contributed by atoms with Crippen LogP contribution in [0.5, 0.6) is 5.75 Å². The Morgan fingerprint density at radius 1 is 1.24 bits per heavy atom. The van der Waals surface area contributed by atoms with Gasteiger partial charge in [0.1, 0.15) is 11.4 Å². The van der Waals surface area contributed by atoms with E-state index < -0.39 is 5.60 Å². The predicted molar refractivity (Wildman–Crippen MR) is 94.7 cm³/mol. The number of methoxy groups -OCH3 is 1. The highest BCUT2D eigenvalue weighted by molar-refractivity contribution is 5.92. The maximum Gasteiger partial charge on any atom is 0.410 e. The Bertz CT molecular complexity index is 688. The van der Waals surface area contributed by atoms with Gasteiger partial charge in [0.25, 0.3) is 0 Å². The SMILES string of the molecule is CCOC(=O)c1ccc(OC)c(C2=CCN(C(=O)OC(C)(C)C)C2)c1. The van der Waals surface area contributed by atoms with E-state index in [9.17, 15) is 9.59 Å². The first-order valence-corrected chi connectivity index (χ1v) is 8.27. The van der Waals surface area contributed by atoms with Crippen molar-refractivity contribution in [3.63, 3.8) is 0 Å². The van der Waals surface area contributed by atoms with Crippen LogP contribution in [-0.4, -0.2) is 49.4 Å². The van der Waals surface area contributed by atoms with E-state index in [0.29, 0.717) is 31.0 Å². The van der Waals surface area contributed by atoms with Crippen molar-refractivity contribution in [2.45, 2.75) is 33.3 Å². The Morgan fingerprint density at radius 2 is 1.96 bits per heavy atom. The molecule has 0 saturated carbocycles. The average molecular weight is 347 g/mol. The Morgan fingerprint density at radius 3 is 2.56 bits per heavy atom. The zero-order valence-electron chi connectivity index (χ0n) is 15.4. The first-order valence-electron chi connectivity index (χ1n) is 8.27. The largest absolute Gasteiger partial charge is 0.496 e. The van der Waals surface area contributed by atoms with Crippen molar-refractivity contribution in [1.29, 1.82) is 0 Å². The molecule has 0 spiro atoms. The van der Waals surface area contributed by atoms with Crippen LogP contribution in [0.25, 0.3) is 5.57 Å². The molecule has 6 heteroatoms. The number of hydrogen-bond acceptors (Lipinski definition) is 5. The van der Waals surface area contributed by atoms with Gasteiger partial charge in [-0.1, -0.05) is 6.08 Å². The van der Waals surface area contributed by atoms with Crippen LogP contribution in [0.2, 0.25) is 0 Å². The van der Waals surface area contributed by atoms with E-state index in [2.05, 4.69) is 0 Å². The van der Waals surface area contributed by atoms with E-state index in [1.165, 1.54) is 0 Å². The molecule has 0 fully saturated rings. The van der Waals surface area contributed by atoms with Crippen LogP contribution in [0.1, 0.15) is 43.6 Å². The molecule has 0 unspecified atom stereocenters. The summed E-state index contributed by atoms with van der Waals surface area (Å²) in [5, 5.41) is 0. The van der Waals surface area contributed by atoms with Gasteiger partial charge in [0.05, 0.1) is 19.3 Å². The van der Waals surface area contributed by atoms with Crippen molar-refractivity contribution in [3.8, 4) is 5.75 Å². The molecule has 0 aliphatic carbocycles. The molecule has 0 N–H and O–H groups in total. The van der Waals surface area contributed by atoms with Gasteiger partial charge in [-0.15, -0.1) is 0 Å². The summed E-state index contributed by atoms with van der Waals surface area (Å²) in [6.07, 6.45) is 1.58. The minimum absolute atomic E-state index is 0.315. The summed E-state index contributed by atoms with van der Waals surface area (Å²) in [5.74, 6) is 0.263. The molecule has 1 aliphatic heterocycles. The van der Waals surface area contributed by atoms with E-state index >= 15 is 0 Å². The summed E-state index contributed by atoms with van der Waals surface area (Å²) in [6, 6.07) is 5.14. The van der Waals surface area contributed by atoms with Crippen LogP contribution in [0, 0.1) is 0 Å². The smallest absolute Gasteiger partial charge is 0.410 e. The second kappa shape index (κ2) is 7.59. The van der Waals surface area contributed by atoms with E-state index in [1.54, 1.807) is 37.1 Å². The number of benzene rings is 1. The zero-order valence-corrected chi connectivity index (χ0v) is 15.4. The van der Waals surface area contributed by atoms with Crippen LogP contribution in [0.4, 0.5) is 4.79 Å². The maximum absolute atomic E-state index is 12.2. The molecular formula is C19H25NO5. The second-order valence-electron chi connectivity index (χ2n) is 6.73. The fourth-order valence-corrected chi connectivity index (χ4v) is 2.52. The summed E-state index contributed by atoms with van der Waals surface area (Å²) in [6.45, 7) is 8.44. The third kappa shape index (κ3) is 4.75. The van der Waals surface area contributed by atoms with Crippen molar-refractivity contribution < 1.29 is 23.8 Å². The van der Waals surface area contributed by atoms with E-state index in [-0.39, 0.29) is 12.1 Å². The van der Waals surface area contributed by atoms with Crippen molar-refractivity contribution in [1.82, 2.24) is 4.90 Å². The summed E-state index contributed by atoms with van der Waals surface area (Å²) >= 11 is 0. The number of rotatable bonds is 4. The molecule has 136 valence electrons. The standard InChI is InChI=1S/C19H25NO5/c1-6-24-17(21)13-7-8-16(23-5)15(11-13)14-9-10-20(12-14)18(22)25-19(2,3)4/h7-9,11H,6,10,12H2,1-5H3. The summed E-state index contributed by atoms with van der Waals surface area (Å²) in [7, 11) is 1.57. The van der Waals surface area contributed by atoms with Crippen LogP contribution >= 0.6 is 0 Å². The highest BCUT2D eigenvalue weighted by Crippen LogP contribution is 2.31. The van der Waals surface area contributed by atoms with Crippen molar-refractivity contribution in [2.24, 2.45) is 0 Å². The topological polar surface area (TPSA) is 65.1 Å². The van der Waals surface area contributed by atoms with Crippen LogP contribution in [-0.2, 0) is 9.47 Å². The highest BCUT2D eigenvalue weighted by Gasteiger charge is 2.27. The van der Waals surface area contributed by atoms with Crippen molar-refractivity contribution in [3.05, 3.63) is 35.4 Å². The van der Waals surface area contributed by atoms with E-state index in [1.807, 2.05) is 26.8 Å². The molecule has 0 atom stereocenters. The molecular weight excluding hydrogens is 322 g/mol. The van der Waals surface area contributed by atoms with Crippen molar-refractivity contribution in [2.75, 3.05) is 26.8 Å². The van der Waals surface area contributed by atoms with Crippen LogP contribution < -0.4 is 4.74 Å². The van der Waals surface area contributed by atoms with Gasteiger partial charge in [0.2, 0.25) is 0 Å². The number of ether oxygens (including phenoxy) is 3. The normalized spacial score (nSPS) is 14.1. The molecule has 2 rings (SSSR count). The lowest BCUT2D eigenvalue weighted by Gasteiger charge is -2.24. The highest BCUT2D eigenvalue weighted by atomic mass is 16.6. The van der Waals surface area contributed by atoms with E-state index in [4.69, 9.17) is 14.2 Å². The van der Waals surface area contributed by atoms with Gasteiger partial charge in [-0.05, 0) is 51.5 Å². The molecule has 1 amide bonds. The quantitative estimate of drug-likeness (QED) is 0.780. The second-order valence-corrected chi connectivity index (χ2v) is 6.73. The van der Waals surface area contributed by atoms with Crippen LogP contribution in [0.3, 0.4) is 0 Å². The van der Waals surface area contributed by atoms with Crippen molar-refractivity contribution >= 4 is 17.6 Å². The molecule has 1 aromatic rings. The minimum atomic E-state index is -0.540. The van der Waals surface area contributed by atoms with E-state index in [0.717, 1.165) is 11.1 Å². The van der Waals surface area contributed by atoms with Gasteiger partial charge in [-0.25, -0.2) is 9.59 Å². The number of nitrogens with zero attached hydrogens (tertiary/aromatic N) is 1. The lowest BCUT2D eigenvalue weighted by Crippen LogP contribution is -2.35. The number of carbonyl (C=O) groups excluding carboxylic acids is 2. The summed E-state index contributed by atoms with van der Waals surface area (Å²) in [5.41, 5.74) is 1.60. The maximum atomic E-state index is 12.2. The van der Waals surface area contributed by atoms with Gasteiger partial charge in [0.15, 0.2) is 0 Å². The van der Waals surface area contributed by atoms with Gasteiger partial charge in [0, 0.05) is 18.7 Å². The predicted octanol–water partition coefficient (Wildman–Crippen LogP) is 3.51. The van der Waals surface area contributed by atoms with Crippen LogP contribution in [0.15, 0.2) is 24.3 Å². The number of hydrogen-bond donors (Lipinski definition) is 0. The molecule has 25 heavy (non-hydrogen) atoms. The molecule has 0 saturated heterocycles. The number of amides is 1. The molecule has 0 bridgehead atoms. The molecule has 1 aliphatic rings. The third-order valence-corrected chi connectivity index (χ3v) is 3.63. The van der Waals surface area contributed by atoms with Gasteiger partial charge in [-0.3, -0.25) is 0 Å². The minimum Gasteiger partial charge on any atom is -0.496 e. The third-order valence-electron chi connectivity index (χ3n) is 3.63. The first-order chi connectivity index (χ1) is 11.7. The first kappa shape index (κ1) is 18.8. The Hall–Kier alpha value is -2.50. The molecule has 0 aromatic heterocycles. The summed E-state index contributed by atoms with van der Waals surface area (Å²) < 4.78 is 15.9. The number of esters is 1. The molecule has 6 nitrogen and oxygen atoms in total. The zero-order chi connectivity index (χ0) is 18.6. The summed E-state index contributed by atoms with van der Waals surface area (Å²) in [4.78, 5) is 25.8. The molecule has 1 aromatic carbocycles. The fourth-order valence-electron chi connectivity index (χ4n) is 2.52. The molecule has 0 radical (unpaired) electrons. The van der Waals surface area contributed by atoms with Gasteiger partial charge < -0.3 is 19.1 Å². The number of carbonyl (C=O) groups is 2. The Balaban J connectivity index is 2.19. The monoisotopic (exact) mass is 347 g/mol. The Kier molecular flexibility index (Phi) is 5.72. The van der Waals surface area contributed by atoms with Gasteiger partial charge in [-0.2, -0.15) is 0 Å². The Labute approximate surface area is 148 Å². The lowest BCUT2D eigenvalue weighted by molar-refractivity contribution is 0.0305.